The lowest BCUT2D eigenvalue weighted by Crippen LogP contribution is -1.89. The predicted molar refractivity (Wildman–Crippen MR) is 121 cm³/mol. The predicted octanol–water partition coefficient (Wildman–Crippen LogP) is 6.73. The summed E-state index contributed by atoms with van der Waals surface area (Å²) in [4.78, 5) is 12.5. The summed E-state index contributed by atoms with van der Waals surface area (Å²) in [5, 5.41) is 5.20. The van der Waals surface area contributed by atoms with E-state index in [0.29, 0.717) is 5.82 Å². The van der Waals surface area contributed by atoms with Crippen molar-refractivity contribution in [3.63, 3.8) is 0 Å². The molecule has 0 aliphatic carbocycles. The monoisotopic (exact) mass is 389 g/mol. The number of thiophene rings is 1. The third-order valence-electron chi connectivity index (χ3n) is 5.31. The Hall–Kier alpha value is -3.63. The summed E-state index contributed by atoms with van der Waals surface area (Å²) in [6.45, 7) is 0. The summed E-state index contributed by atoms with van der Waals surface area (Å²) in [7, 11) is 0. The van der Waals surface area contributed by atoms with Crippen LogP contribution in [0.15, 0.2) is 91.5 Å². The molecular weight excluding hydrogens is 374 g/mol. The van der Waals surface area contributed by atoms with Gasteiger partial charge < -0.3 is 0 Å². The Morgan fingerprint density at radius 3 is 2.41 bits per heavy atom. The molecule has 0 radical (unpaired) electrons. The van der Waals surface area contributed by atoms with E-state index < -0.39 is 0 Å². The van der Waals surface area contributed by atoms with Crippen molar-refractivity contribution in [1.29, 1.82) is 0 Å². The maximum Gasteiger partial charge on any atom is 0.162 e. The van der Waals surface area contributed by atoms with Gasteiger partial charge in [0, 0.05) is 31.1 Å². The van der Waals surface area contributed by atoms with Crippen LogP contribution in [0.3, 0.4) is 0 Å². The first-order valence-electron chi connectivity index (χ1n) is 9.44. The zero-order valence-corrected chi connectivity index (χ0v) is 16.2. The Morgan fingerprint density at radius 2 is 1.48 bits per heavy atom. The van der Waals surface area contributed by atoms with E-state index in [-0.39, 0.29) is 0 Å². The van der Waals surface area contributed by atoms with Gasteiger partial charge in [-0.3, -0.25) is 0 Å². The molecule has 29 heavy (non-hydrogen) atoms. The standard InChI is InChI=1S/C25H15N3S/c1-2-10-22-20(8-1)21-12-11-16-5-4-9-19(23(16)24(21)29-22)17-6-3-7-18(13-17)25-27-14-26-15-28-25/h1-15H. The molecule has 3 nitrogen and oxygen atoms in total. The van der Waals surface area contributed by atoms with Crippen molar-refractivity contribution < 1.29 is 0 Å². The molecule has 0 unspecified atom stereocenters. The van der Waals surface area contributed by atoms with Crippen LogP contribution in [0.25, 0.3) is 53.5 Å². The molecule has 136 valence electrons. The van der Waals surface area contributed by atoms with E-state index in [0.717, 1.165) is 5.56 Å². The number of rotatable bonds is 2. The van der Waals surface area contributed by atoms with Crippen molar-refractivity contribution in [2.75, 3.05) is 0 Å². The number of nitrogens with zero attached hydrogens (tertiary/aromatic N) is 3. The number of benzene rings is 4. The van der Waals surface area contributed by atoms with Gasteiger partial charge in [0.05, 0.1) is 0 Å². The molecule has 6 rings (SSSR count). The molecule has 0 atom stereocenters. The third kappa shape index (κ3) is 2.61. The van der Waals surface area contributed by atoms with Crippen molar-refractivity contribution in [2.45, 2.75) is 0 Å². The first-order chi connectivity index (χ1) is 14.4. The van der Waals surface area contributed by atoms with E-state index in [2.05, 4.69) is 87.7 Å². The van der Waals surface area contributed by atoms with Gasteiger partial charge in [-0.1, -0.05) is 66.7 Å². The Labute approximate surface area is 171 Å². The van der Waals surface area contributed by atoms with E-state index in [1.165, 1.54) is 54.7 Å². The van der Waals surface area contributed by atoms with Crippen LogP contribution in [0.4, 0.5) is 0 Å². The van der Waals surface area contributed by atoms with Gasteiger partial charge in [0.1, 0.15) is 12.7 Å². The number of hydrogen-bond donors (Lipinski definition) is 0. The van der Waals surface area contributed by atoms with E-state index in [1.54, 1.807) is 0 Å². The molecule has 0 saturated heterocycles. The maximum absolute atomic E-state index is 4.30. The molecule has 2 aromatic heterocycles. The van der Waals surface area contributed by atoms with Gasteiger partial charge in [0.2, 0.25) is 0 Å². The smallest absolute Gasteiger partial charge is 0.162 e. The average molecular weight is 389 g/mol. The van der Waals surface area contributed by atoms with Crippen molar-refractivity contribution in [3.8, 4) is 22.5 Å². The van der Waals surface area contributed by atoms with Gasteiger partial charge in [-0.2, -0.15) is 0 Å². The van der Waals surface area contributed by atoms with Gasteiger partial charge in [-0.15, -0.1) is 11.3 Å². The lowest BCUT2D eigenvalue weighted by Gasteiger charge is -2.10. The summed E-state index contributed by atoms with van der Waals surface area (Å²) in [6, 6.07) is 28.1. The summed E-state index contributed by atoms with van der Waals surface area (Å²) in [6.07, 6.45) is 3.07. The Balaban J connectivity index is 1.66. The van der Waals surface area contributed by atoms with Crippen LogP contribution in [-0.4, -0.2) is 15.0 Å². The summed E-state index contributed by atoms with van der Waals surface area (Å²) in [5.41, 5.74) is 3.39. The van der Waals surface area contributed by atoms with Crippen LogP contribution in [-0.2, 0) is 0 Å². The number of fused-ring (bicyclic) bond motifs is 5. The number of aromatic nitrogens is 3. The molecule has 0 saturated carbocycles. The van der Waals surface area contributed by atoms with Crippen LogP contribution in [0.1, 0.15) is 0 Å². The fourth-order valence-corrected chi connectivity index (χ4v) is 5.28. The van der Waals surface area contributed by atoms with Crippen LogP contribution < -0.4 is 0 Å². The normalized spacial score (nSPS) is 11.4. The second kappa shape index (κ2) is 6.47. The van der Waals surface area contributed by atoms with Crippen LogP contribution >= 0.6 is 11.3 Å². The van der Waals surface area contributed by atoms with Crippen LogP contribution in [0.5, 0.6) is 0 Å². The topological polar surface area (TPSA) is 38.7 Å². The second-order valence-corrected chi connectivity index (χ2v) is 8.04. The van der Waals surface area contributed by atoms with Crippen LogP contribution in [0.2, 0.25) is 0 Å². The molecular formula is C25H15N3S. The molecule has 0 aliphatic heterocycles. The molecule has 4 aromatic carbocycles. The molecule has 0 bridgehead atoms. The molecule has 4 heteroatoms. The highest BCUT2D eigenvalue weighted by Crippen LogP contribution is 2.42. The highest BCUT2D eigenvalue weighted by molar-refractivity contribution is 7.26. The Morgan fingerprint density at radius 1 is 0.655 bits per heavy atom. The lowest BCUT2D eigenvalue weighted by atomic mass is 9.95. The van der Waals surface area contributed by atoms with Gasteiger partial charge >= 0.3 is 0 Å². The maximum atomic E-state index is 4.30. The van der Waals surface area contributed by atoms with E-state index >= 15 is 0 Å². The first kappa shape index (κ1) is 16.3. The van der Waals surface area contributed by atoms with Gasteiger partial charge in [0.15, 0.2) is 5.82 Å². The minimum atomic E-state index is 0.689. The highest BCUT2D eigenvalue weighted by Gasteiger charge is 2.13. The fourth-order valence-electron chi connectivity index (χ4n) is 4.01. The highest BCUT2D eigenvalue weighted by atomic mass is 32.1. The molecule has 0 fully saturated rings. The van der Waals surface area contributed by atoms with E-state index in [1.807, 2.05) is 17.4 Å². The summed E-state index contributed by atoms with van der Waals surface area (Å²) in [5.74, 6) is 0.689. The molecule has 6 aromatic rings. The third-order valence-corrected chi connectivity index (χ3v) is 6.52. The van der Waals surface area contributed by atoms with Gasteiger partial charge in [-0.25, -0.2) is 15.0 Å². The first-order valence-corrected chi connectivity index (χ1v) is 10.3. The van der Waals surface area contributed by atoms with Crippen molar-refractivity contribution in [1.82, 2.24) is 15.0 Å². The minimum Gasteiger partial charge on any atom is -0.225 e. The summed E-state index contributed by atoms with van der Waals surface area (Å²) < 4.78 is 2.66. The molecule has 0 aliphatic rings. The van der Waals surface area contributed by atoms with Crippen LogP contribution in [0, 0.1) is 0 Å². The van der Waals surface area contributed by atoms with Gasteiger partial charge in [-0.05, 0) is 28.6 Å². The molecule has 0 spiro atoms. The SMILES string of the molecule is c1cc(-c2ncncn2)cc(-c2cccc3ccc4c5ccccc5sc4c23)c1. The zero-order chi connectivity index (χ0) is 19.2. The molecule has 0 N–H and O–H groups in total. The quantitative estimate of drug-likeness (QED) is 0.330. The fraction of sp³-hybridized carbons (Fsp3) is 0. The van der Waals surface area contributed by atoms with Crippen molar-refractivity contribution >= 4 is 42.3 Å². The van der Waals surface area contributed by atoms with E-state index in [4.69, 9.17) is 0 Å². The van der Waals surface area contributed by atoms with Crippen molar-refractivity contribution in [3.05, 3.63) is 91.5 Å². The second-order valence-electron chi connectivity index (χ2n) is 6.99. The zero-order valence-electron chi connectivity index (χ0n) is 15.4. The summed E-state index contributed by atoms with van der Waals surface area (Å²) >= 11 is 1.87. The minimum absolute atomic E-state index is 0.689. The largest absolute Gasteiger partial charge is 0.225 e. The Bertz CT molecular complexity index is 1500. The molecule has 0 amide bonds. The number of hydrogen-bond acceptors (Lipinski definition) is 4. The van der Waals surface area contributed by atoms with Crippen molar-refractivity contribution in [2.24, 2.45) is 0 Å². The van der Waals surface area contributed by atoms with Gasteiger partial charge in [0.25, 0.3) is 0 Å². The van der Waals surface area contributed by atoms with E-state index in [9.17, 15) is 0 Å². The Kier molecular flexibility index (Phi) is 3.64. The molecule has 2 heterocycles. The average Bonchev–Trinajstić information content (AvgIpc) is 3.18. The lowest BCUT2D eigenvalue weighted by molar-refractivity contribution is 1.06.